The van der Waals surface area contributed by atoms with Crippen molar-refractivity contribution in [3.8, 4) is 0 Å². The molecule has 0 fully saturated rings. The van der Waals surface area contributed by atoms with Gasteiger partial charge in [-0.15, -0.1) is 0 Å². The first-order chi connectivity index (χ1) is 8.11. The van der Waals surface area contributed by atoms with Crippen molar-refractivity contribution < 1.29 is 0 Å². The first kappa shape index (κ1) is 12.4. The van der Waals surface area contributed by atoms with E-state index in [1.165, 1.54) is 0 Å². The van der Waals surface area contributed by atoms with Crippen molar-refractivity contribution >= 4 is 27.4 Å². The highest BCUT2D eigenvalue weighted by Crippen LogP contribution is 2.18. The molecule has 92 valence electrons. The summed E-state index contributed by atoms with van der Waals surface area (Å²) >= 11 is 3.44. The summed E-state index contributed by atoms with van der Waals surface area (Å²) < 4.78 is 2.67. The van der Waals surface area contributed by atoms with Crippen molar-refractivity contribution in [1.29, 1.82) is 0 Å². The third kappa shape index (κ3) is 2.60. The van der Waals surface area contributed by atoms with E-state index in [-0.39, 0.29) is 0 Å². The number of anilines is 1. The lowest BCUT2D eigenvalue weighted by molar-refractivity contribution is 0.510. The van der Waals surface area contributed by atoms with Crippen LogP contribution in [0.5, 0.6) is 0 Å². The Morgan fingerprint density at radius 3 is 2.88 bits per heavy atom. The Kier molecular flexibility index (Phi) is 3.66. The van der Waals surface area contributed by atoms with Gasteiger partial charge >= 0.3 is 0 Å². The molecule has 0 saturated carbocycles. The summed E-state index contributed by atoms with van der Waals surface area (Å²) in [6.45, 7) is 6.62. The molecule has 0 aliphatic heterocycles. The predicted molar refractivity (Wildman–Crippen MR) is 73.2 cm³/mol. The maximum absolute atomic E-state index is 4.55. The lowest BCUT2D eigenvalue weighted by Gasteiger charge is -2.21. The van der Waals surface area contributed by atoms with Gasteiger partial charge < -0.3 is 5.32 Å². The minimum atomic E-state index is 0.451. The summed E-state index contributed by atoms with van der Waals surface area (Å²) in [6.07, 6.45) is 4.76. The third-order valence-electron chi connectivity index (χ3n) is 2.90. The Morgan fingerprint density at radius 2 is 2.24 bits per heavy atom. The molecule has 1 unspecified atom stereocenters. The number of rotatable bonds is 4. The number of nitrogens with zero attached hydrogens (tertiary/aromatic N) is 3. The minimum absolute atomic E-state index is 0.451. The average molecular weight is 297 g/mol. The smallest absolute Gasteiger partial charge is 0.171 e. The van der Waals surface area contributed by atoms with E-state index in [0.717, 1.165) is 22.4 Å². The van der Waals surface area contributed by atoms with Gasteiger partial charge in [0.1, 0.15) is 5.82 Å². The normalized spacial score (nSPS) is 13.2. The van der Waals surface area contributed by atoms with Crippen LogP contribution in [0.3, 0.4) is 0 Å². The van der Waals surface area contributed by atoms with Crippen LogP contribution in [0.15, 0.2) is 22.9 Å². The first-order valence-corrected chi connectivity index (χ1v) is 6.67. The molecular formula is C12H17BrN4. The van der Waals surface area contributed by atoms with Gasteiger partial charge in [0.2, 0.25) is 0 Å². The van der Waals surface area contributed by atoms with Gasteiger partial charge in [0.15, 0.2) is 5.65 Å². The zero-order valence-corrected chi connectivity index (χ0v) is 11.9. The van der Waals surface area contributed by atoms with Gasteiger partial charge in [-0.25, -0.2) is 9.50 Å². The molecule has 0 aliphatic rings. The summed E-state index contributed by atoms with van der Waals surface area (Å²) in [6, 6.07) is 2.41. The third-order valence-corrected chi connectivity index (χ3v) is 3.46. The Morgan fingerprint density at radius 1 is 1.47 bits per heavy atom. The van der Waals surface area contributed by atoms with Crippen LogP contribution in [0.4, 0.5) is 5.82 Å². The monoisotopic (exact) mass is 296 g/mol. The molecule has 0 aliphatic carbocycles. The molecule has 0 saturated heterocycles. The highest BCUT2D eigenvalue weighted by molar-refractivity contribution is 9.10. The van der Waals surface area contributed by atoms with Crippen molar-refractivity contribution in [2.24, 2.45) is 5.92 Å². The van der Waals surface area contributed by atoms with Crippen molar-refractivity contribution in [3.05, 3.63) is 22.9 Å². The molecule has 5 heteroatoms. The molecule has 0 aromatic carbocycles. The zero-order valence-electron chi connectivity index (χ0n) is 10.3. The summed E-state index contributed by atoms with van der Waals surface area (Å²) in [7, 11) is 0. The van der Waals surface area contributed by atoms with E-state index in [0.29, 0.717) is 12.0 Å². The number of aromatic nitrogens is 3. The molecule has 0 spiro atoms. The van der Waals surface area contributed by atoms with E-state index in [4.69, 9.17) is 0 Å². The van der Waals surface area contributed by atoms with Gasteiger partial charge in [-0.05, 0) is 34.3 Å². The van der Waals surface area contributed by atoms with Crippen LogP contribution in [0.1, 0.15) is 27.2 Å². The summed E-state index contributed by atoms with van der Waals surface area (Å²) in [4.78, 5) is 4.55. The van der Waals surface area contributed by atoms with Crippen LogP contribution in [-0.2, 0) is 0 Å². The van der Waals surface area contributed by atoms with E-state index in [1.54, 1.807) is 10.7 Å². The SMILES string of the molecule is CCC(Nc1ccn2ncc(Br)c2n1)C(C)C. The van der Waals surface area contributed by atoms with Crippen LogP contribution < -0.4 is 5.32 Å². The number of hydrogen-bond acceptors (Lipinski definition) is 3. The molecule has 2 heterocycles. The van der Waals surface area contributed by atoms with Crippen molar-refractivity contribution in [3.63, 3.8) is 0 Å². The number of nitrogens with one attached hydrogen (secondary N) is 1. The minimum Gasteiger partial charge on any atom is -0.367 e. The standard InChI is InChI=1S/C12H17BrN4/c1-4-10(8(2)3)15-11-5-6-17-12(16-11)9(13)7-14-17/h5-8,10H,4H2,1-3H3,(H,15,16). The quantitative estimate of drug-likeness (QED) is 0.941. The van der Waals surface area contributed by atoms with Crippen LogP contribution in [0, 0.1) is 5.92 Å². The molecule has 1 atom stereocenters. The highest BCUT2D eigenvalue weighted by Gasteiger charge is 2.12. The van der Waals surface area contributed by atoms with Gasteiger partial charge in [0, 0.05) is 12.2 Å². The summed E-state index contributed by atoms with van der Waals surface area (Å²) in [5.41, 5.74) is 0.841. The Balaban J connectivity index is 2.26. The second-order valence-electron chi connectivity index (χ2n) is 4.48. The maximum atomic E-state index is 4.55. The maximum Gasteiger partial charge on any atom is 0.171 e. The van der Waals surface area contributed by atoms with E-state index < -0.39 is 0 Å². The molecule has 0 radical (unpaired) electrons. The Labute approximate surface area is 110 Å². The molecule has 2 aromatic heterocycles. The second kappa shape index (κ2) is 5.04. The second-order valence-corrected chi connectivity index (χ2v) is 5.33. The van der Waals surface area contributed by atoms with E-state index in [1.807, 2.05) is 12.3 Å². The Bertz CT molecular complexity index is 506. The number of hydrogen-bond donors (Lipinski definition) is 1. The van der Waals surface area contributed by atoms with Gasteiger partial charge in [-0.3, -0.25) is 0 Å². The fraction of sp³-hybridized carbons (Fsp3) is 0.500. The van der Waals surface area contributed by atoms with E-state index in [2.05, 4.69) is 52.1 Å². The van der Waals surface area contributed by atoms with E-state index >= 15 is 0 Å². The highest BCUT2D eigenvalue weighted by atomic mass is 79.9. The average Bonchev–Trinajstić information content (AvgIpc) is 2.67. The van der Waals surface area contributed by atoms with Crippen molar-refractivity contribution in [2.75, 3.05) is 5.32 Å². The first-order valence-electron chi connectivity index (χ1n) is 5.88. The van der Waals surface area contributed by atoms with Gasteiger partial charge in [0.25, 0.3) is 0 Å². The lowest BCUT2D eigenvalue weighted by atomic mass is 10.0. The van der Waals surface area contributed by atoms with Gasteiger partial charge in [-0.2, -0.15) is 5.10 Å². The van der Waals surface area contributed by atoms with Gasteiger partial charge in [0.05, 0.1) is 10.7 Å². The zero-order chi connectivity index (χ0) is 12.4. The molecule has 0 amide bonds. The van der Waals surface area contributed by atoms with Crippen LogP contribution in [0.2, 0.25) is 0 Å². The van der Waals surface area contributed by atoms with Gasteiger partial charge in [-0.1, -0.05) is 20.8 Å². The molecular weight excluding hydrogens is 280 g/mol. The number of halogens is 1. The van der Waals surface area contributed by atoms with Crippen molar-refractivity contribution in [2.45, 2.75) is 33.2 Å². The largest absolute Gasteiger partial charge is 0.367 e. The topological polar surface area (TPSA) is 42.2 Å². The van der Waals surface area contributed by atoms with Crippen LogP contribution >= 0.6 is 15.9 Å². The Hall–Kier alpha value is -1.10. The summed E-state index contributed by atoms with van der Waals surface area (Å²) in [5, 5.41) is 7.64. The van der Waals surface area contributed by atoms with Crippen molar-refractivity contribution in [1.82, 2.24) is 14.6 Å². The fourth-order valence-electron chi connectivity index (χ4n) is 1.85. The number of fused-ring (bicyclic) bond motifs is 1. The molecule has 1 N–H and O–H groups in total. The molecule has 2 aromatic rings. The fourth-order valence-corrected chi connectivity index (χ4v) is 2.21. The molecule has 0 bridgehead atoms. The van der Waals surface area contributed by atoms with E-state index in [9.17, 15) is 0 Å². The van der Waals surface area contributed by atoms with Crippen LogP contribution in [0.25, 0.3) is 5.65 Å². The predicted octanol–water partition coefficient (Wildman–Crippen LogP) is 3.34. The lowest BCUT2D eigenvalue weighted by Crippen LogP contribution is -2.25. The molecule has 17 heavy (non-hydrogen) atoms. The molecule has 2 rings (SSSR count). The molecule has 4 nitrogen and oxygen atoms in total. The summed E-state index contributed by atoms with van der Waals surface area (Å²) in [5.74, 6) is 1.49. The van der Waals surface area contributed by atoms with Crippen LogP contribution in [-0.4, -0.2) is 20.6 Å².